The summed E-state index contributed by atoms with van der Waals surface area (Å²) in [5.41, 5.74) is 2.24. The number of terminal acetylenes is 1. The summed E-state index contributed by atoms with van der Waals surface area (Å²) in [6.07, 6.45) is 8.62. The van der Waals surface area contributed by atoms with E-state index in [1.807, 2.05) is 12.1 Å². The van der Waals surface area contributed by atoms with Gasteiger partial charge in [0.05, 0.1) is 12.1 Å². The van der Waals surface area contributed by atoms with E-state index < -0.39 is 0 Å². The van der Waals surface area contributed by atoms with Crippen molar-refractivity contribution in [3.63, 3.8) is 0 Å². The topological polar surface area (TPSA) is 25.2 Å². The lowest BCUT2D eigenvalue weighted by Crippen LogP contribution is -2.30. The van der Waals surface area contributed by atoms with Gasteiger partial charge in [-0.15, -0.1) is 6.42 Å². The molecule has 0 bridgehead atoms. The Bertz CT molecular complexity index is 605. The highest BCUT2D eigenvalue weighted by atomic mass is 16.3. The maximum absolute atomic E-state index is 6.04. The summed E-state index contributed by atoms with van der Waals surface area (Å²) in [6, 6.07) is 8.45. The van der Waals surface area contributed by atoms with Crippen LogP contribution in [0.25, 0.3) is 11.0 Å². The zero-order chi connectivity index (χ0) is 14.5. The average Bonchev–Trinajstić information content (AvgIpc) is 2.85. The molecule has 0 aliphatic rings. The quantitative estimate of drug-likeness (QED) is 0.784. The zero-order valence-electron chi connectivity index (χ0n) is 12.6. The van der Waals surface area contributed by atoms with Crippen LogP contribution < -0.4 is 5.32 Å². The van der Waals surface area contributed by atoms with Crippen LogP contribution in [0.4, 0.5) is 0 Å². The second-order valence-electron chi connectivity index (χ2n) is 5.19. The van der Waals surface area contributed by atoms with Gasteiger partial charge in [-0.3, -0.25) is 5.32 Å². The van der Waals surface area contributed by atoms with Crippen LogP contribution in [0.3, 0.4) is 0 Å². The van der Waals surface area contributed by atoms with Gasteiger partial charge in [-0.1, -0.05) is 44.4 Å². The van der Waals surface area contributed by atoms with Gasteiger partial charge in [0.2, 0.25) is 0 Å². The van der Waals surface area contributed by atoms with Crippen molar-refractivity contribution >= 4 is 11.0 Å². The predicted octanol–water partition coefficient (Wildman–Crippen LogP) is 4.45. The smallest absolute Gasteiger partial charge is 0.134 e. The van der Waals surface area contributed by atoms with Gasteiger partial charge in [0.25, 0.3) is 0 Å². The first-order chi connectivity index (χ1) is 9.71. The van der Waals surface area contributed by atoms with Crippen LogP contribution in [-0.4, -0.2) is 6.04 Å². The third-order valence-electron chi connectivity index (χ3n) is 3.71. The van der Waals surface area contributed by atoms with E-state index in [9.17, 15) is 0 Å². The summed E-state index contributed by atoms with van der Waals surface area (Å²) in [6.45, 7) is 6.43. The first-order valence-corrected chi connectivity index (χ1v) is 7.43. The Morgan fingerprint density at radius 3 is 2.70 bits per heavy atom. The standard InChI is InChI=1S/C18H23NO/c1-5-10-14(6-2)19-13(4)18-15(7-3)16-11-8-9-12-17(16)20-18/h2,8-9,11-14,19H,5,7,10H2,1,3-4H3. The lowest BCUT2D eigenvalue weighted by atomic mass is 10.0. The molecular weight excluding hydrogens is 246 g/mol. The Balaban J connectivity index is 2.30. The Labute approximate surface area is 121 Å². The molecule has 1 aromatic carbocycles. The Morgan fingerprint density at radius 2 is 2.05 bits per heavy atom. The molecule has 0 amide bonds. The molecule has 0 aliphatic carbocycles. The van der Waals surface area contributed by atoms with Crippen molar-refractivity contribution < 1.29 is 4.42 Å². The fraction of sp³-hybridized carbons (Fsp3) is 0.444. The Hall–Kier alpha value is -1.72. The van der Waals surface area contributed by atoms with E-state index in [1.54, 1.807) is 0 Å². The number of nitrogens with one attached hydrogen (secondary N) is 1. The van der Waals surface area contributed by atoms with E-state index in [0.29, 0.717) is 0 Å². The molecule has 1 heterocycles. The van der Waals surface area contributed by atoms with Crippen LogP contribution >= 0.6 is 0 Å². The van der Waals surface area contributed by atoms with Crippen LogP contribution in [0.5, 0.6) is 0 Å². The van der Waals surface area contributed by atoms with Gasteiger partial charge in [0, 0.05) is 10.9 Å². The first kappa shape index (κ1) is 14.7. The van der Waals surface area contributed by atoms with Crippen molar-refractivity contribution in [1.82, 2.24) is 5.32 Å². The molecular formula is C18H23NO. The summed E-state index contributed by atoms with van der Waals surface area (Å²) < 4.78 is 6.04. The number of rotatable bonds is 6. The minimum atomic E-state index is 0.105. The van der Waals surface area contributed by atoms with E-state index in [2.05, 4.69) is 44.1 Å². The molecule has 20 heavy (non-hydrogen) atoms. The number of aryl methyl sites for hydroxylation is 1. The van der Waals surface area contributed by atoms with E-state index in [1.165, 1.54) is 10.9 Å². The van der Waals surface area contributed by atoms with Crippen molar-refractivity contribution in [3.8, 4) is 12.3 Å². The lowest BCUT2D eigenvalue weighted by molar-refractivity contribution is 0.417. The summed E-state index contributed by atoms with van der Waals surface area (Å²) in [5.74, 6) is 3.84. The number of benzene rings is 1. The van der Waals surface area contributed by atoms with Crippen LogP contribution in [0.2, 0.25) is 0 Å². The molecule has 1 aromatic heterocycles. The summed E-state index contributed by atoms with van der Waals surface area (Å²) in [4.78, 5) is 0. The van der Waals surface area contributed by atoms with E-state index >= 15 is 0 Å². The molecule has 2 atom stereocenters. The summed E-state index contributed by atoms with van der Waals surface area (Å²) in [7, 11) is 0. The molecule has 2 aromatic rings. The number of hydrogen-bond acceptors (Lipinski definition) is 2. The molecule has 0 fully saturated rings. The highest BCUT2D eigenvalue weighted by molar-refractivity contribution is 5.82. The van der Waals surface area contributed by atoms with Gasteiger partial charge in [-0.25, -0.2) is 0 Å². The molecule has 106 valence electrons. The molecule has 2 rings (SSSR count). The van der Waals surface area contributed by atoms with Crippen molar-refractivity contribution in [1.29, 1.82) is 0 Å². The van der Waals surface area contributed by atoms with E-state index in [4.69, 9.17) is 10.8 Å². The van der Waals surface area contributed by atoms with Crippen molar-refractivity contribution in [3.05, 3.63) is 35.6 Å². The van der Waals surface area contributed by atoms with Gasteiger partial charge in [0.15, 0.2) is 0 Å². The fourth-order valence-electron chi connectivity index (χ4n) is 2.71. The second-order valence-corrected chi connectivity index (χ2v) is 5.19. The molecule has 0 saturated heterocycles. The predicted molar refractivity (Wildman–Crippen MR) is 84.7 cm³/mol. The number of para-hydroxylation sites is 1. The van der Waals surface area contributed by atoms with Gasteiger partial charge in [0.1, 0.15) is 11.3 Å². The van der Waals surface area contributed by atoms with Crippen LogP contribution in [0.15, 0.2) is 28.7 Å². The number of fused-ring (bicyclic) bond motifs is 1. The Morgan fingerprint density at radius 1 is 1.30 bits per heavy atom. The normalized spacial score (nSPS) is 14.1. The van der Waals surface area contributed by atoms with E-state index in [0.717, 1.165) is 30.6 Å². The van der Waals surface area contributed by atoms with Crippen LogP contribution in [0, 0.1) is 12.3 Å². The van der Waals surface area contributed by atoms with Crippen LogP contribution in [-0.2, 0) is 6.42 Å². The van der Waals surface area contributed by atoms with Gasteiger partial charge in [-0.05, 0) is 25.8 Å². The lowest BCUT2D eigenvalue weighted by Gasteiger charge is -2.18. The van der Waals surface area contributed by atoms with Crippen molar-refractivity contribution in [2.45, 2.75) is 52.1 Å². The van der Waals surface area contributed by atoms with Gasteiger partial charge >= 0.3 is 0 Å². The molecule has 2 unspecified atom stereocenters. The van der Waals surface area contributed by atoms with Gasteiger partial charge in [-0.2, -0.15) is 0 Å². The minimum Gasteiger partial charge on any atom is -0.459 e. The fourth-order valence-corrected chi connectivity index (χ4v) is 2.71. The molecule has 1 N–H and O–H groups in total. The molecule has 0 spiro atoms. The molecule has 0 radical (unpaired) electrons. The second kappa shape index (κ2) is 6.63. The third kappa shape index (κ3) is 2.89. The zero-order valence-corrected chi connectivity index (χ0v) is 12.6. The van der Waals surface area contributed by atoms with Crippen molar-refractivity contribution in [2.75, 3.05) is 0 Å². The average molecular weight is 269 g/mol. The van der Waals surface area contributed by atoms with Crippen LogP contribution in [0.1, 0.15) is 51.0 Å². The molecule has 0 aliphatic heterocycles. The maximum Gasteiger partial charge on any atom is 0.134 e. The highest BCUT2D eigenvalue weighted by Crippen LogP contribution is 2.30. The SMILES string of the molecule is C#CC(CCC)NC(C)c1oc2ccccc2c1CC. The summed E-state index contributed by atoms with van der Waals surface area (Å²) >= 11 is 0. The largest absolute Gasteiger partial charge is 0.459 e. The maximum atomic E-state index is 6.04. The number of furan rings is 1. The molecule has 0 saturated carbocycles. The molecule has 2 heteroatoms. The number of hydrogen-bond donors (Lipinski definition) is 1. The monoisotopic (exact) mass is 269 g/mol. The van der Waals surface area contributed by atoms with E-state index in [-0.39, 0.29) is 12.1 Å². The first-order valence-electron chi connectivity index (χ1n) is 7.43. The summed E-state index contributed by atoms with van der Waals surface area (Å²) in [5, 5.41) is 4.70. The van der Waals surface area contributed by atoms with Gasteiger partial charge < -0.3 is 4.42 Å². The highest BCUT2D eigenvalue weighted by Gasteiger charge is 2.19. The minimum absolute atomic E-state index is 0.105. The molecule has 2 nitrogen and oxygen atoms in total. The van der Waals surface area contributed by atoms with Crippen molar-refractivity contribution in [2.24, 2.45) is 0 Å². The third-order valence-corrected chi connectivity index (χ3v) is 3.71. The Kier molecular flexibility index (Phi) is 4.87.